The van der Waals surface area contributed by atoms with Gasteiger partial charge in [-0.05, 0) is 27.7 Å². The predicted molar refractivity (Wildman–Crippen MR) is 93.2 cm³/mol. The Morgan fingerprint density at radius 3 is 2.58 bits per heavy atom. The summed E-state index contributed by atoms with van der Waals surface area (Å²) >= 11 is 0. The summed E-state index contributed by atoms with van der Waals surface area (Å²) in [4.78, 5) is 21.4. The molecule has 0 N–H and O–H groups in total. The third-order valence-corrected chi connectivity index (χ3v) is 4.81. The van der Waals surface area contributed by atoms with E-state index in [1.165, 1.54) is 0 Å². The highest BCUT2D eigenvalue weighted by molar-refractivity contribution is 5.85. The summed E-state index contributed by atoms with van der Waals surface area (Å²) in [5.41, 5.74) is 2.30. The average molecular weight is 335 g/mol. The largest absolute Gasteiger partial charge is 0.496 e. The molecule has 6 heteroatoms. The Hall–Kier alpha value is -1.66. The summed E-state index contributed by atoms with van der Waals surface area (Å²) in [6.45, 7) is 11.3. The first-order chi connectivity index (χ1) is 11.3. The van der Waals surface area contributed by atoms with Crippen LogP contribution in [0.1, 0.15) is 30.7 Å². The van der Waals surface area contributed by atoms with E-state index in [2.05, 4.69) is 9.88 Å². The lowest BCUT2D eigenvalue weighted by Gasteiger charge is -2.41. The molecule has 1 aliphatic rings. The number of amides is 1. The van der Waals surface area contributed by atoms with Gasteiger partial charge >= 0.3 is 0 Å². The Bertz CT molecular complexity index is 595. The van der Waals surface area contributed by atoms with Crippen molar-refractivity contribution in [2.75, 3.05) is 40.5 Å². The standard InChI is InChI=1S/C18H29N3O3/c1-13-11-19-15(14(2)16(13)23-6)12-20(5)17(22)18(3,4)21-7-9-24-10-8-21/h11H,7-10,12H2,1-6H3. The number of carbonyl (C=O) groups is 1. The second-order valence-electron chi connectivity index (χ2n) is 6.87. The van der Waals surface area contributed by atoms with Gasteiger partial charge in [-0.2, -0.15) is 0 Å². The van der Waals surface area contributed by atoms with E-state index < -0.39 is 5.54 Å². The number of likely N-dealkylation sites (N-methyl/N-ethyl adjacent to an activating group) is 1. The lowest BCUT2D eigenvalue weighted by atomic mass is 9.99. The molecule has 0 aliphatic carbocycles. The maximum atomic E-state index is 13.0. The quantitative estimate of drug-likeness (QED) is 0.821. The first-order valence-corrected chi connectivity index (χ1v) is 8.36. The molecule has 2 heterocycles. The van der Waals surface area contributed by atoms with Gasteiger partial charge in [0.1, 0.15) is 5.75 Å². The van der Waals surface area contributed by atoms with E-state index in [0.717, 1.165) is 35.7 Å². The first kappa shape index (κ1) is 18.7. The number of pyridine rings is 1. The zero-order valence-electron chi connectivity index (χ0n) is 15.7. The van der Waals surface area contributed by atoms with Crippen molar-refractivity contribution in [3.05, 3.63) is 23.0 Å². The molecule has 1 fully saturated rings. The van der Waals surface area contributed by atoms with Gasteiger partial charge in [0, 0.05) is 37.5 Å². The van der Waals surface area contributed by atoms with Crippen molar-refractivity contribution < 1.29 is 14.3 Å². The van der Waals surface area contributed by atoms with Crippen molar-refractivity contribution in [3.8, 4) is 5.75 Å². The fourth-order valence-corrected chi connectivity index (χ4v) is 3.25. The van der Waals surface area contributed by atoms with Crippen LogP contribution in [0, 0.1) is 13.8 Å². The third kappa shape index (κ3) is 3.70. The molecule has 6 nitrogen and oxygen atoms in total. The molecular weight excluding hydrogens is 306 g/mol. The minimum atomic E-state index is -0.554. The van der Waals surface area contributed by atoms with Crippen molar-refractivity contribution >= 4 is 5.91 Å². The molecule has 1 aliphatic heterocycles. The molecule has 0 saturated carbocycles. The second-order valence-corrected chi connectivity index (χ2v) is 6.87. The average Bonchev–Trinajstić information content (AvgIpc) is 2.58. The Morgan fingerprint density at radius 2 is 2.00 bits per heavy atom. The summed E-state index contributed by atoms with van der Waals surface area (Å²) < 4.78 is 10.8. The topological polar surface area (TPSA) is 54.9 Å². The zero-order chi connectivity index (χ0) is 17.9. The number of carbonyl (C=O) groups excluding carboxylic acids is 1. The van der Waals surface area contributed by atoms with Crippen LogP contribution >= 0.6 is 0 Å². The number of aromatic nitrogens is 1. The Labute approximate surface area is 144 Å². The molecule has 0 bridgehead atoms. The van der Waals surface area contributed by atoms with Gasteiger partial charge in [-0.3, -0.25) is 14.7 Å². The number of aryl methyl sites for hydroxylation is 1. The van der Waals surface area contributed by atoms with Crippen LogP contribution in [0.4, 0.5) is 0 Å². The molecule has 0 aromatic carbocycles. The van der Waals surface area contributed by atoms with E-state index in [1.807, 2.05) is 34.7 Å². The third-order valence-electron chi connectivity index (χ3n) is 4.81. The highest BCUT2D eigenvalue weighted by Gasteiger charge is 2.37. The molecule has 1 saturated heterocycles. The van der Waals surface area contributed by atoms with Gasteiger partial charge in [0.15, 0.2) is 0 Å². The van der Waals surface area contributed by atoms with Crippen molar-refractivity contribution in [1.29, 1.82) is 0 Å². The van der Waals surface area contributed by atoms with Crippen molar-refractivity contribution in [3.63, 3.8) is 0 Å². The molecule has 0 atom stereocenters. The minimum Gasteiger partial charge on any atom is -0.496 e. The van der Waals surface area contributed by atoms with Gasteiger partial charge < -0.3 is 14.4 Å². The number of nitrogens with zero attached hydrogens (tertiary/aromatic N) is 3. The fourth-order valence-electron chi connectivity index (χ4n) is 3.25. The number of rotatable bonds is 5. The lowest BCUT2D eigenvalue weighted by molar-refractivity contribution is -0.144. The number of hydrogen-bond acceptors (Lipinski definition) is 5. The summed E-state index contributed by atoms with van der Waals surface area (Å²) in [7, 11) is 3.49. The zero-order valence-corrected chi connectivity index (χ0v) is 15.7. The van der Waals surface area contributed by atoms with Gasteiger partial charge in [-0.15, -0.1) is 0 Å². The molecule has 0 spiro atoms. The summed E-state index contributed by atoms with van der Waals surface area (Å²) in [6, 6.07) is 0. The smallest absolute Gasteiger partial charge is 0.242 e. The van der Waals surface area contributed by atoms with E-state index in [-0.39, 0.29) is 5.91 Å². The molecule has 1 amide bonds. The molecule has 2 rings (SSSR count). The van der Waals surface area contributed by atoms with E-state index in [9.17, 15) is 4.79 Å². The van der Waals surface area contributed by atoms with Gasteiger partial charge in [0.25, 0.3) is 0 Å². The predicted octanol–water partition coefficient (Wildman–Crippen LogP) is 1.78. The maximum Gasteiger partial charge on any atom is 0.242 e. The minimum absolute atomic E-state index is 0.0881. The number of morpholine rings is 1. The SMILES string of the molecule is COc1c(C)cnc(CN(C)C(=O)C(C)(C)N2CCOCC2)c1C. The number of ether oxygens (including phenoxy) is 2. The van der Waals surface area contributed by atoms with Crippen LogP contribution in [-0.4, -0.2) is 66.7 Å². The van der Waals surface area contributed by atoms with E-state index in [0.29, 0.717) is 19.8 Å². The van der Waals surface area contributed by atoms with Gasteiger partial charge in [0.2, 0.25) is 5.91 Å². The van der Waals surface area contributed by atoms with Gasteiger partial charge in [0.05, 0.1) is 38.1 Å². The van der Waals surface area contributed by atoms with Crippen LogP contribution in [-0.2, 0) is 16.1 Å². The number of hydrogen-bond donors (Lipinski definition) is 0. The van der Waals surface area contributed by atoms with Crippen LogP contribution in [0.3, 0.4) is 0 Å². The van der Waals surface area contributed by atoms with Crippen LogP contribution < -0.4 is 4.74 Å². The molecular formula is C18H29N3O3. The monoisotopic (exact) mass is 335 g/mol. The number of methoxy groups -OCH3 is 1. The Balaban J connectivity index is 2.14. The fraction of sp³-hybridized carbons (Fsp3) is 0.667. The molecule has 134 valence electrons. The van der Waals surface area contributed by atoms with E-state index in [1.54, 1.807) is 18.2 Å². The van der Waals surface area contributed by atoms with Crippen molar-refractivity contribution in [2.24, 2.45) is 0 Å². The Morgan fingerprint density at radius 1 is 1.38 bits per heavy atom. The van der Waals surface area contributed by atoms with E-state index >= 15 is 0 Å². The molecule has 0 radical (unpaired) electrons. The Kier molecular flexibility index (Phi) is 5.83. The lowest BCUT2D eigenvalue weighted by Crippen LogP contribution is -2.58. The summed E-state index contributed by atoms with van der Waals surface area (Å²) in [5.74, 6) is 0.929. The van der Waals surface area contributed by atoms with Crippen LogP contribution in [0.15, 0.2) is 6.20 Å². The van der Waals surface area contributed by atoms with Gasteiger partial charge in [-0.1, -0.05) is 0 Å². The second kappa shape index (κ2) is 7.49. The molecule has 1 aromatic heterocycles. The first-order valence-electron chi connectivity index (χ1n) is 8.36. The molecule has 24 heavy (non-hydrogen) atoms. The molecule has 1 aromatic rings. The van der Waals surface area contributed by atoms with Crippen molar-refractivity contribution in [1.82, 2.24) is 14.8 Å². The highest BCUT2D eigenvalue weighted by Crippen LogP contribution is 2.26. The maximum absolute atomic E-state index is 13.0. The van der Waals surface area contributed by atoms with Crippen LogP contribution in [0.5, 0.6) is 5.75 Å². The normalized spacial score (nSPS) is 16.1. The highest BCUT2D eigenvalue weighted by atomic mass is 16.5. The summed E-state index contributed by atoms with van der Waals surface area (Å²) in [5, 5.41) is 0. The molecule has 0 unspecified atom stereocenters. The van der Waals surface area contributed by atoms with Crippen LogP contribution in [0.2, 0.25) is 0 Å². The summed E-state index contributed by atoms with van der Waals surface area (Å²) in [6.07, 6.45) is 1.80. The van der Waals surface area contributed by atoms with E-state index in [4.69, 9.17) is 9.47 Å². The van der Waals surface area contributed by atoms with Gasteiger partial charge in [-0.25, -0.2) is 0 Å². The van der Waals surface area contributed by atoms with Crippen molar-refractivity contribution in [2.45, 2.75) is 39.8 Å². The van der Waals surface area contributed by atoms with Crippen LogP contribution in [0.25, 0.3) is 0 Å².